The highest BCUT2D eigenvalue weighted by atomic mass is 15.2. The number of hydrogen-bond donors (Lipinski definition) is 0. The summed E-state index contributed by atoms with van der Waals surface area (Å²) >= 11 is 0. The Bertz CT molecular complexity index is 189. The number of likely N-dealkylation sites (tertiary alicyclic amines) is 1. The average molecular weight is 165 g/mol. The standard InChI is InChI=1S/C11H19N/c1-12-6-5-10-8-3-2-4-9(7-8)11(10)12/h8-11H,2-7H2,1H3. The van der Waals surface area contributed by atoms with Gasteiger partial charge in [-0.2, -0.15) is 0 Å². The van der Waals surface area contributed by atoms with Crippen molar-refractivity contribution in [1.29, 1.82) is 0 Å². The van der Waals surface area contributed by atoms with Gasteiger partial charge in [0.15, 0.2) is 0 Å². The van der Waals surface area contributed by atoms with Gasteiger partial charge >= 0.3 is 0 Å². The Morgan fingerprint density at radius 3 is 2.83 bits per heavy atom. The van der Waals surface area contributed by atoms with Crippen LogP contribution < -0.4 is 0 Å². The Labute approximate surface area is 75.1 Å². The third-order valence-corrected chi connectivity index (χ3v) is 4.61. The van der Waals surface area contributed by atoms with Gasteiger partial charge in [0, 0.05) is 6.04 Å². The van der Waals surface area contributed by atoms with E-state index in [1.165, 1.54) is 25.8 Å². The minimum atomic E-state index is 0.998. The molecule has 1 saturated heterocycles. The van der Waals surface area contributed by atoms with Gasteiger partial charge in [-0.25, -0.2) is 0 Å². The minimum absolute atomic E-state index is 0.998. The lowest BCUT2D eigenvalue weighted by molar-refractivity contribution is 0.225. The van der Waals surface area contributed by atoms with E-state index in [1.807, 2.05) is 0 Å². The van der Waals surface area contributed by atoms with Crippen LogP contribution in [0.15, 0.2) is 0 Å². The molecule has 0 aromatic rings. The van der Waals surface area contributed by atoms with Crippen LogP contribution in [0.1, 0.15) is 32.1 Å². The average Bonchev–Trinajstić information content (AvgIpc) is 2.57. The van der Waals surface area contributed by atoms with Gasteiger partial charge in [-0.05, 0) is 50.6 Å². The second-order valence-corrected chi connectivity index (χ2v) is 5.11. The van der Waals surface area contributed by atoms with Crippen LogP contribution in [0.2, 0.25) is 0 Å². The maximum atomic E-state index is 2.64. The molecule has 12 heavy (non-hydrogen) atoms. The van der Waals surface area contributed by atoms with Gasteiger partial charge < -0.3 is 4.90 Å². The highest BCUT2D eigenvalue weighted by Crippen LogP contribution is 2.51. The summed E-state index contributed by atoms with van der Waals surface area (Å²) in [5.74, 6) is 3.31. The summed E-state index contributed by atoms with van der Waals surface area (Å²) in [5, 5.41) is 0. The van der Waals surface area contributed by atoms with Crippen molar-refractivity contribution >= 4 is 0 Å². The van der Waals surface area contributed by atoms with Crippen molar-refractivity contribution in [3.8, 4) is 0 Å². The van der Waals surface area contributed by atoms with Crippen LogP contribution in [0.25, 0.3) is 0 Å². The summed E-state index contributed by atoms with van der Waals surface area (Å²) in [6.45, 7) is 1.38. The van der Waals surface area contributed by atoms with Crippen molar-refractivity contribution in [3.05, 3.63) is 0 Å². The fraction of sp³-hybridized carbons (Fsp3) is 1.00. The highest BCUT2D eigenvalue weighted by molar-refractivity contribution is 5.02. The summed E-state index contributed by atoms with van der Waals surface area (Å²) in [4.78, 5) is 2.64. The smallest absolute Gasteiger partial charge is 0.0152 e. The Balaban J connectivity index is 1.89. The molecule has 4 unspecified atom stereocenters. The van der Waals surface area contributed by atoms with Crippen molar-refractivity contribution in [2.45, 2.75) is 38.1 Å². The van der Waals surface area contributed by atoms with E-state index in [0.717, 1.165) is 23.8 Å². The normalized spacial score (nSPS) is 52.8. The molecule has 68 valence electrons. The molecule has 1 aliphatic heterocycles. The topological polar surface area (TPSA) is 3.24 Å². The predicted octanol–water partition coefficient (Wildman–Crippen LogP) is 2.13. The predicted molar refractivity (Wildman–Crippen MR) is 50.0 cm³/mol. The minimum Gasteiger partial charge on any atom is -0.303 e. The van der Waals surface area contributed by atoms with E-state index in [2.05, 4.69) is 11.9 Å². The molecule has 0 aromatic heterocycles. The van der Waals surface area contributed by atoms with E-state index in [4.69, 9.17) is 0 Å². The van der Waals surface area contributed by atoms with Crippen molar-refractivity contribution in [3.63, 3.8) is 0 Å². The van der Waals surface area contributed by atoms with Crippen LogP contribution in [-0.4, -0.2) is 24.5 Å². The van der Waals surface area contributed by atoms with Crippen molar-refractivity contribution in [2.24, 2.45) is 17.8 Å². The number of fused-ring (bicyclic) bond motifs is 5. The first-order chi connectivity index (χ1) is 5.86. The third-order valence-electron chi connectivity index (χ3n) is 4.61. The van der Waals surface area contributed by atoms with E-state index in [9.17, 15) is 0 Å². The molecule has 3 aliphatic rings. The number of hydrogen-bond acceptors (Lipinski definition) is 1. The molecule has 4 atom stereocenters. The van der Waals surface area contributed by atoms with Crippen LogP contribution in [0, 0.1) is 17.8 Å². The van der Waals surface area contributed by atoms with Crippen molar-refractivity contribution < 1.29 is 0 Å². The fourth-order valence-corrected chi connectivity index (χ4v) is 4.19. The molecule has 0 N–H and O–H groups in total. The molecule has 1 heteroatoms. The first-order valence-corrected chi connectivity index (χ1v) is 5.56. The zero-order chi connectivity index (χ0) is 8.13. The molecular weight excluding hydrogens is 146 g/mol. The van der Waals surface area contributed by atoms with Crippen molar-refractivity contribution in [2.75, 3.05) is 13.6 Å². The van der Waals surface area contributed by atoms with Crippen molar-refractivity contribution in [1.82, 2.24) is 4.90 Å². The Kier molecular flexibility index (Phi) is 1.52. The summed E-state index contributed by atoms with van der Waals surface area (Å²) in [7, 11) is 2.34. The number of rotatable bonds is 0. The number of nitrogens with zero attached hydrogens (tertiary/aromatic N) is 1. The van der Waals surface area contributed by atoms with E-state index >= 15 is 0 Å². The van der Waals surface area contributed by atoms with Gasteiger partial charge in [-0.1, -0.05) is 12.8 Å². The van der Waals surface area contributed by atoms with Crippen LogP contribution in [0.5, 0.6) is 0 Å². The molecule has 2 saturated carbocycles. The molecule has 0 aromatic carbocycles. The van der Waals surface area contributed by atoms with Crippen LogP contribution in [0.3, 0.4) is 0 Å². The molecule has 2 bridgehead atoms. The molecule has 0 amide bonds. The molecule has 0 spiro atoms. The largest absolute Gasteiger partial charge is 0.303 e. The Hall–Kier alpha value is -0.0400. The summed E-state index contributed by atoms with van der Waals surface area (Å²) in [6.07, 6.45) is 7.67. The molecule has 0 radical (unpaired) electrons. The third kappa shape index (κ3) is 0.834. The lowest BCUT2D eigenvalue weighted by atomic mass is 9.86. The van der Waals surface area contributed by atoms with E-state index < -0.39 is 0 Å². The molecule has 2 aliphatic carbocycles. The zero-order valence-corrected chi connectivity index (χ0v) is 8.00. The van der Waals surface area contributed by atoms with E-state index in [-0.39, 0.29) is 0 Å². The summed E-state index contributed by atoms with van der Waals surface area (Å²) < 4.78 is 0. The second-order valence-electron chi connectivity index (χ2n) is 5.11. The van der Waals surface area contributed by atoms with Gasteiger partial charge in [-0.3, -0.25) is 0 Å². The SMILES string of the molecule is CN1CCC2C3CCCC(C3)C21. The molecule has 1 heterocycles. The highest BCUT2D eigenvalue weighted by Gasteiger charge is 2.49. The van der Waals surface area contributed by atoms with E-state index in [1.54, 1.807) is 12.8 Å². The van der Waals surface area contributed by atoms with Crippen LogP contribution >= 0.6 is 0 Å². The van der Waals surface area contributed by atoms with Gasteiger partial charge in [0.1, 0.15) is 0 Å². The van der Waals surface area contributed by atoms with Crippen LogP contribution in [0.4, 0.5) is 0 Å². The maximum absolute atomic E-state index is 2.64. The second kappa shape index (κ2) is 2.47. The van der Waals surface area contributed by atoms with Gasteiger partial charge in [-0.15, -0.1) is 0 Å². The molecular formula is C11H19N. The van der Waals surface area contributed by atoms with Gasteiger partial charge in [0.25, 0.3) is 0 Å². The van der Waals surface area contributed by atoms with E-state index in [0.29, 0.717) is 0 Å². The maximum Gasteiger partial charge on any atom is 0.0152 e. The van der Waals surface area contributed by atoms with Gasteiger partial charge in [0.05, 0.1) is 0 Å². The van der Waals surface area contributed by atoms with Gasteiger partial charge in [0.2, 0.25) is 0 Å². The lowest BCUT2D eigenvalue weighted by Crippen LogP contribution is -2.31. The quantitative estimate of drug-likeness (QED) is 0.531. The lowest BCUT2D eigenvalue weighted by Gasteiger charge is -2.25. The summed E-state index contributed by atoms with van der Waals surface area (Å²) in [5.41, 5.74) is 0. The Morgan fingerprint density at radius 1 is 1.08 bits per heavy atom. The Morgan fingerprint density at radius 2 is 1.92 bits per heavy atom. The molecule has 3 fully saturated rings. The first kappa shape index (κ1) is 7.37. The molecule has 1 nitrogen and oxygen atoms in total. The fourth-order valence-electron chi connectivity index (χ4n) is 4.19. The first-order valence-electron chi connectivity index (χ1n) is 5.56. The monoisotopic (exact) mass is 165 g/mol. The zero-order valence-electron chi connectivity index (χ0n) is 8.00. The molecule has 3 rings (SSSR count). The van der Waals surface area contributed by atoms with Crippen LogP contribution in [-0.2, 0) is 0 Å². The summed E-state index contributed by atoms with van der Waals surface area (Å²) in [6, 6.07) is 0.998.